The minimum absolute atomic E-state index is 0.137. The zero-order chi connectivity index (χ0) is 46.3. The van der Waals surface area contributed by atoms with Crippen molar-refractivity contribution in [1.29, 1.82) is 0 Å². The maximum Gasteiger partial charge on any atom is 0.143 e. The van der Waals surface area contributed by atoms with Gasteiger partial charge in [0.2, 0.25) is 0 Å². The van der Waals surface area contributed by atoms with Gasteiger partial charge in [0.25, 0.3) is 0 Å². The van der Waals surface area contributed by atoms with Crippen LogP contribution in [0.3, 0.4) is 0 Å². The molecule has 2 aromatic heterocycles. The Morgan fingerprint density at radius 2 is 0.923 bits per heavy atom. The highest BCUT2D eigenvalue weighted by atomic mass is 16.3. The van der Waals surface area contributed by atoms with E-state index in [1.165, 1.54) is 16.3 Å². The summed E-state index contributed by atoms with van der Waals surface area (Å²) in [5.41, 5.74) is 10.8. The first-order chi connectivity index (χ1) is 33.9. The summed E-state index contributed by atoms with van der Waals surface area (Å²) in [4.78, 5) is 1.88. The van der Waals surface area contributed by atoms with Crippen molar-refractivity contribution in [3.8, 4) is 39.1 Å². The van der Waals surface area contributed by atoms with Crippen LogP contribution in [0.2, 0.25) is 0 Å². The molecule has 11 aromatic carbocycles. The van der Waals surface area contributed by atoms with Gasteiger partial charge in [-0.1, -0.05) is 182 Å². The third-order valence-corrected chi connectivity index (χ3v) is 12.9. The number of para-hydroxylation sites is 3. The van der Waals surface area contributed by atoms with Gasteiger partial charge in [0, 0.05) is 38.5 Å². The SMILES string of the molecule is [2H]c1c([2H])c(N(c2ccc(-c3ccc(-c4cccc5ccccc45)cc3)cc2)c2cccc3oc4c5ccccc5ccc4c23)c([2H])c([2H])c1-c1ccccc1-n1c2ccccc2c2ccccc21. The first kappa shape index (κ1) is 33.0. The van der Waals surface area contributed by atoms with E-state index in [4.69, 9.17) is 4.42 Å². The first-order valence-electron chi connectivity index (χ1n) is 23.9. The molecule has 3 nitrogen and oxygen atoms in total. The number of benzene rings is 11. The Morgan fingerprint density at radius 3 is 1.66 bits per heavy atom. The molecule has 2 heterocycles. The predicted octanol–water partition coefficient (Wildman–Crippen LogP) is 17.5. The minimum atomic E-state index is -0.161. The largest absolute Gasteiger partial charge is 0.455 e. The van der Waals surface area contributed by atoms with Crippen molar-refractivity contribution < 1.29 is 9.90 Å². The van der Waals surface area contributed by atoms with Crippen molar-refractivity contribution >= 4 is 82.4 Å². The van der Waals surface area contributed by atoms with Crippen molar-refractivity contribution in [3.05, 3.63) is 243 Å². The Labute approximate surface area is 381 Å². The third-order valence-electron chi connectivity index (χ3n) is 12.9. The fourth-order valence-electron chi connectivity index (χ4n) is 9.85. The number of nitrogens with zero attached hydrogens (tertiary/aromatic N) is 2. The van der Waals surface area contributed by atoms with Gasteiger partial charge in [0.1, 0.15) is 11.2 Å². The van der Waals surface area contributed by atoms with Crippen molar-refractivity contribution in [2.24, 2.45) is 0 Å². The quantitative estimate of drug-likeness (QED) is 0.160. The molecule has 0 fully saturated rings. The second-order valence-electron chi connectivity index (χ2n) is 16.5. The van der Waals surface area contributed by atoms with E-state index in [1.807, 2.05) is 95.9 Å². The molecule has 0 amide bonds. The molecule has 0 saturated carbocycles. The van der Waals surface area contributed by atoms with Gasteiger partial charge < -0.3 is 13.9 Å². The van der Waals surface area contributed by atoms with Crippen LogP contribution in [0, 0.1) is 0 Å². The summed E-state index contributed by atoms with van der Waals surface area (Å²) in [5, 5.41) is 8.32. The van der Waals surface area contributed by atoms with Gasteiger partial charge in [0.05, 0.1) is 33.3 Å². The van der Waals surface area contributed by atoms with E-state index in [0.717, 1.165) is 71.3 Å². The van der Waals surface area contributed by atoms with Crippen molar-refractivity contribution in [3.63, 3.8) is 0 Å². The average molecular weight is 833 g/mol. The van der Waals surface area contributed by atoms with Crippen molar-refractivity contribution in [2.45, 2.75) is 0 Å². The summed E-state index contributed by atoms with van der Waals surface area (Å²) < 4.78 is 48.5. The number of rotatable bonds is 7. The normalized spacial score (nSPS) is 12.6. The number of hydrogen-bond acceptors (Lipinski definition) is 2. The molecule has 0 saturated heterocycles. The average Bonchev–Trinajstić information content (AvgIpc) is 3.96. The Hall–Kier alpha value is -8.66. The molecule has 0 bridgehead atoms. The molecule has 0 spiro atoms. The molecule has 0 unspecified atom stereocenters. The lowest BCUT2D eigenvalue weighted by atomic mass is 9.96. The molecular weight excluding hydrogens is 789 g/mol. The highest BCUT2D eigenvalue weighted by Gasteiger charge is 2.22. The van der Waals surface area contributed by atoms with E-state index in [0.29, 0.717) is 22.5 Å². The first-order valence-corrected chi connectivity index (χ1v) is 21.9. The van der Waals surface area contributed by atoms with Crippen LogP contribution in [-0.2, 0) is 0 Å². The van der Waals surface area contributed by atoms with E-state index in [9.17, 15) is 5.48 Å². The topological polar surface area (TPSA) is 21.3 Å². The van der Waals surface area contributed by atoms with Gasteiger partial charge in [-0.15, -0.1) is 0 Å². The molecule has 3 heteroatoms. The molecular formula is C62H40N2O. The Morgan fingerprint density at radius 1 is 0.369 bits per heavy atom. The number of aromatic nitrogens is 1. The Balaban J connectivity index is 0.991. The molecule has 0 radical (unpaired) electrons. The summed E-state index contributed by atoms with van der Waals surface area (Å²) >= 11 is 0. The summed E-state index contributed by atoms with van der Waals surface area (Å²) in [6.07, 6.45) is 0. The molecule has 0 aliphatic rings. The lowest BCUT2D eigenvalue weighted by Crippen LogP contribution is -2.10. The van der Waals surface area contributed by atoms with Crippen LogP contribution in [0.25, 0.3) is 104 Å². The van der Waals surface area contributed by atoms with Gasteiger partial charge in [-0.2, -0.15) is 0 Å². The maximum absolute atomic E-state index is 9.96. The molecule has 13 rings (SSSR count). The summed E-state index contributed by atoms with van der Waals surface area (Å²) in [7, 11) is 0. The van der Waals surface area contributed by atoms with Crippen molar-refractivity contribution in [2.75, 3.05) is 4.90 Å². The van der Waals surface area contributed by atoms with E-state index < -0.39 is 0 Å². The lowest BCUT2D eigenvalue weighted by molar-refractivity contribution is 0.672. The highest BCUT2D eigenvalue weighted by Crippen LogP contribution is 2.45. The van der Waals surface area contributed by atoms with Crippen LogP contribution in [0.4, 0.5) is 17.1 Å². The van der Waals surface area contributed by atoms with E-state index in [-0.39, 0.29) is 35.4 Å². The summed E-state index contributed by atoms with van der Waals surface area (Å²) in [5.74, 6) is 0. The third kappa shape index (κ3) is 6.05. The van der Waals surface area contributed by atoms with Crippen molar-refractivity contribution in [1.82, 2.24) is 4.57 Å². The van der Waals surface area contributed by atoms with E-state index in [1.54, 1.807) is 0 Å². The van der Waals surface area contributed by atoms with Crippen LogP contribution in [0.15, 0.2) is 247 Å². The number of fused-ring (bicyclic) bond motifs is 9. The summed E-state index contributed by atoms with van der Waals surface area (Å²) in [6.45, 7) is 0. The zero-order valence-electron chi connectivity index (χ0n) is 39.1. The number of anilines is 3. The number of hydrogen-bond donors (Lipinski definition) is 0. The molecule has 0 N–H and O–H groups in total. The van der Waals surface area contributed by atoms with Crippen LogP contribution < -0.4 is 4.90 Å². The molecule has 0 aliphatic heterocycles. The lowest BCUT2D eigenvalue weighted by Gasteiger charge is -2.27. The number of furan rings is 1. The monoisotopic (exact) mass is 832 g/mol. The fraction of sp³-hybridized carbons (Fsp3) is 0. The van der Waals surface area contributed by atoms with Gasteiger partial charge in [-0.25, -0.2) is 0 Å². The van der Waals surface area contributed by atoms with Crippen LogP contribution in [0.1, 0.15) is 5.48 Å². The molecule has 304 valence electrons. The second kappa shape index (κ2) is 15.0. The maximum atomic E-state index is 9.96. The van der Waals surface area contributed by atoms with Gasteiger partial charge >= 0.3 is 0 Å². The van der Waals surface area contributed by atoms with Gasteiger partial charge in [-0.3, -0.25) is 0 Å². The predicted molar refractivity (Wildman–Crippen MR) is 274 cm³/mol. The minimum Gasteiger partial charge on any atom is -0.455 e. The Bertz CT molecular complexity index is 4100. The summed E-state index contributed by atoms with van der Waals surface area (Å²) in [6, 6.07) is 73.4. The van der Waals surface area contributed by atoms with Gasteiger partial charge in [-0.05, 0) is 105 Å². The second-order valence-corrected chi connectivity index (χ2v) is 16.5. The zero-order valence-corrected chi connectivity index (χ0v) is 35.1. The molecule has 0 aliphatic carbocycles. The van der Waals surface area contributed by atoms with Crippen LogP contribution >= 0.6 is 0 Å². The Kier molecular flexibility index (Phi) is 7.61. The van der Waals surface area contributed by atoms with E-state index in [2.05, 4.69) is 132 Å². The molecule has 13 aromatic rings. The molecule has 65 heavy (non-hydrogen) atoms. The van der Waals surface area contributed by atoms with Crippen LogP contribution in [-0.4, -0.2) is 4.57 Å². The standard InChI is InChI=1S/C62H40N2O/c1-3-16-49-43(13-1)15-11-21-50(49)45-29-27-41(28-30-45)42-31-36-47(37-32-42)63(59-25-12-26-60-61(59)55-40-35-44-14-2-4-18-52(44)62(55)65-60)48-38-33-46(34-39-48)51-17-5-8-22-56(51)64-57-23-9-6-19-53(57)54-20-7-10-24-58(54)64/h1-40H/i33D,34D,38D,39D. The van der Waals surface area contributed by atoms with Gasteiger partial charge in [0.15, 0.2) is 0 Å². The highest BCUT2D eigenvalue weighted by molar-refractivity contribution is 6.19. The van der Waals surface area contributed by atoms with Crippen LogP contribution in [0.5, 0.6) is 0 Å². The fourth-order valence-corrected chi connectivity index (χ4v) is 9.85. The van der Waals surface area contributed by atoms with E-state index >= 15 is 0 Å². The molecule has 0 atom stereocenters. The smallest absolute Gasteiger partial charge is 0.143 e.